The van der Waals surface area contributed by atoms with Crippen LogP contribution in [0.15, 0.2) is 11.6 Å². The van der Waals surface area contributed by atoms with Gasteiger partial charge in [-0.05, 0) is 34.0 Å². The molecule has 25 heavy (non-hydrogen) atoms. The Hall–Kier alpha value is -0.923. The number of hydrogen-bond donors (Lipinski definition) is 0. The maximum Gasteiger partial charge on any atom is 0.200 e. The lowest BCUT2D eigenvalue weighted by Crippen LogP contribution is -2.47. The van der Waals surface area contributed by atoms with Crippen LogP contribution in [0.5, 0.6) is 0 Å². The first kappa shape index (κ1) is 20.4. The van der Waals surface area contributed by atoms with E-state index < -0.39 is 13.7 Å². The zero-order valence-corrected chi connectivity index (χ0v) is 18.3. The molecule has 0 radical (unpaired) electrons. The quantitative estimate of drug-likeness (QED) is 0.455. The fraction of sp³-hybridized carbons (Fsp3) is 0.810. The van der Waals surface area contributed by atoms with E-state index in [4.69, 9.17) is 4.43 Å². The maximum atomic E-state index is 12.5. The standard InChI is InChI=1S/C21H35NO2Si/c1-14(2)25(15(3)4,16(5)6)24-12-10-17-19-20(7,8)11-9-18(23)21(17,19)13-22/h10,14-16,19H,9,11-12H2,1-8H3/b17-10+/t19-,21+/m1/s1. The number of nitrogens with zero attached hydrogens (tertiary/aromatic N) is 1. The van der Waals surface area contributed by atoms with Crippen molar-refractivity contribution in [3.63, 3.8) is 0 Å². The summed E-state index contributed by atoms with van der Waals surface area (Å²) >= 11 is 0. The van der Waals surface area contributed by atoms with Gasteiger partial charge in [-0.25, -0.2) is 0 Å². The Morgan fingerprint density at radius 3 is 2.12 bits per heavy atom. The van der Waals surface area contributed by atoms with Crippen LogP contribution >= 0.6 is 0 Å². The molecule has 2 aliphatic carbocycles. The summed E-state index contributed by atoms with van der Waals surface area (Å²) in [6.07, 6.45) is 3.48. The molecule has 0 amide bonds. The van der Waals surface area contributed by atoms with Crippen molar-refractivity contribution < 1.29 is 9.22 Å². The lowest BCUT2D eigenvalue weighted by Gasteiger charge is -2.41. The summed E-state index contributed by atoms with van der Waals surface area (Å²) in [7, 11) is -1.92. The third-order valence-corrected chi connectivity index (χ3v) is 12.9. The monoisotopic (exact) mass is 361 g/mol. The van der Waals surface area contributed by atoms with Crippen LogP contribution in [0, 0.1) is 28.1 Å². The highest BCUT2D eigenvalue weighted by Crippen LogP contribution is 2.70. The average molecular weight is 362 g/mol. The molecule has 4 heteroatoms. The van der Waals surface area contributed by atoms with Gasteiger partial charge in [-0.3, -0.25) is 4.79 Å². The summed E-state index contributed by atoms with van der Waals surface area (Å²) in [5, 5.41) is 9.75. The molecule has 0 unspecified atom stereocenters. The molecule has 3 nitrogen and oxygen atoms in total. The summed E-state index contributed by atoms with van der Waals surface area (Å²) < 4.78 is 6.61. The minimum atomic E-state index is -1.92. The minimum Gasteiger partial charge on any atom is -0.412 e. The molecule has 2 atom stereocenters. The molecule has 0 spiro atoms. The summed E-state index contributed by atoms with van der Waals surface area (Å²) in [5.74, 6) is 0.203. The molecule has 0 aliphatic heterocycles. The number of fused-ring (bicyclic) bond motifs is 1. The van der Waals surface area contributed by atoms with E-state index in [0.717, 1.165) is 12.0 Å². The second-order valence-corrected chi connectivity index (χ2v) is 15.0. The topological polar surface area (TPSA) is 50.1 Å². The summed E-state index contributed by atoms with van der Waals surface area (Å²) in [4.78, 5) is 12.5. The van der Waals surface area contributed by atoms with Crippen molar-refractivity contribution in [1.29, 1.82) is 5.26 Å². The van der Waals surface area contributed by atoms with Gasteiger partial charge in [-0.1, -0.05) is 61.5 Å². The van der Waals surface area contributed by atoms with E-state index in [0.29, 0.717) is 29.7 Å². The second kappa shape index (κ2) is 6.67. The zero-order chi connectivity index (χ0) is 19.2. The number of rotatable bonds is 6. The van der Waals surface area contributed by atoms with Crippen molar-refractivity contribution in [3.05, 3.63) is 11.6 Å². The number of nitriles is 1. The van der Waals surface area contributed by atoms with Gasteiger partial charge in [0.15, 0.2) is 5.78 Å². The number of hydrogen-bond acceptors (Lipinski definition) is 3. The van der Waals surface area contributed by atoms with Crippen LogP contribution in [-0.4, -0.2) is 20.7 Å². The largest absolute Gasteiger partial charge is 0.412 e. The van der Waals surface area contributed by atoms with E-state index in [1.165, 1.54) is 0 Å². The molecule has 0 saturated heterocycles. The van der Waals surface area contributed by atoms with Crippen LogP contribution in [0.25, 0.3) is 0 Å². The van der Waals surface area contributed by atoms with Crippen LogP contribution in [0.2, 0.25) is 16.6 Å². The van der Waals surface area contributed by atoms with Gasteiger partial charge in [0.05, 0.1) is 12.7 Å². The van der Waals surface area contributed by atoms with Crippen LogP contribution in [0.1, 0.15) is 68.2 Å². The first-order valence-electron chi connectivity index (χ1n) is 9.77. The molecular formula is C21H35NO2Si. The van der Waals surface area contributed by atoms with Gasteiger partial charge >= 0.3 is 0 Å². The highest BCUT2D eigenvalue weighted by Gasteiger charge is 2.72. The SMILES string of the molecule is CC(C)[Si](OC/C=C1\[C@@H]2C(C)(C)CCC(=O)[C@]12C#N)(C(C)C)C(C)C. The molecular weight excluding hydrogens is 326 g/mol. The van der Waals surface area contributed by atoms with E-state index in [1.54, 1.807) is 0 Å². The van der Waals surface area contributed by atoms with Crippen molar-refractivity contribution in [2.24, 2.45) is 16.7 Å². The van der Waals surface area contributed by atoms with Gasteiger partial charge in [0.2, 0.25) is 8.32 Å². The van der Waals surface area contributed by atoms with Gasteiger partial charge in [0.1, 0.15) is 5.41 Å². The van der Waals surface area contributed by atoms with Crippen LogP contribution < -0.4 is 0 Å². The third-order valence-electron chi connectivity index (χ3n) is 6.85. The zero-order valence-electron chi connectivity index (χ0n) is 17.3. The Balaban J connectivity index is 2.25. The van der Waals surface area contributed by atoms with Gasteiger partial charge in [-0.15, -0.1) is 0 Å². The summed E-state index contributed by atoms with van der Waals surface area (Å²) in [5.41, 5.74) is 1.82. The predicted molar refractivity (Wildman–Crippen MR) is 105 cm³/mol. The molecule has 2 rings (SSSR count). The van der Waals surface area contributed by atoms with E-state index in [-0.39, 0.29) is 17.1 Å². The van der Waals surface area contributed by atoms with Gasteiger partial charge in [0, 0.05) is 12.3 Å². The summed E-state index contributed by atoms with van der Waals surface area (Å²) in [6, 6.07) is 2.36. The first-order valence-corrected chi connectivity index (χ1v) is 11.9. The maximum absolute atomic E-state index is 12.5. The van der Waals surface area contributed by atoms with Gasteiger partial charge < -0.3 is 4.43 Å². The van der Waals surface area contributed by atoms with Crippen molar-refractivity contribution in [2.45, 2.75) is 84.9 Å². The highest BCUT2D eigenvalue weighted by atomic mass is 28.4. The van der Waals surface area contributed by atoms with Gasteiger partial charge in [-0.2, -0.15) is 5.26 Å². The van der Waals surface area contributed by atoms with Crippen molar-refractivity contribution in [2.75, 3.05) is 6.61 Å². The van der Waals surface area contributed by atoms with Gasteiger partial charge in [0.25, 0.3) is 0 Å². The Bertz CT molecular complexity index is 590. The van der Waals surface area contributed by atoms with E-state index >= 15 is 0 Å². The first-order chi connectivity index (χ1) is 11.5. The Morgan fingerprint density at radius 2 is 1.72 bits per heavy atom. The molecule has 0 aromatic carbocycles. The van der Waals surface area contributed by atoms with E-state index in [9.17, 15) is 10.1 Å². The number of carbonyl (C=O) groups excluding carboxylic acids is 1. The van der Waals surface area contributed by atoms with Crippen molar-refractivity contribution in [3.8, 4) is 6.07 Å². The van der Waals surface area contributed by atoms with Crippen LogP contribution in [0.3, 0.4) is 0 Å². The minimum absolute atomic E-state index is 0.0259. The Morgan fingerprint density at radius 1 is 1.20 bits per heavy atom. The number of carbonyl (C=O) groups is 1. The lowest BCUT2D eigenvalue weighted by molar-refractivity contribution is -0.125. The fourth-order valence-corrected chi connectivity index (χ4v) is 11.1. The second-order valence-electron chi connectivity index (χ2n) is 9.55. The normalized spacial score (nSPS) is 30.1. The predicted octanol–water partition coefficient (Wildman–Crippen LogP) is 5.63. The molecule has 0 aromatic heterocycles. The van der Waals surface area contributed by atoms with Crippen molar-refractivity contribution in [1.82, 2.24) is 0 Å². The number of Topliss-reactive ketones (excluding diaryl/α,β-unsaturated/α-hetero) is 1. The van der Waals surface area contributed by atoms with E-state index in [2.05, 4.69) is 67.5 Å². The molecule has 0 aromatic rings. The molecule has 140 valence electrons. The van der Waals surface area contributed by atoms with Crippen LogP contribution in [0.4, 0.5) is 0 Å². The molecule has 0 heterocycles. The third kappa shape index (κ3) is 2.94. The van der Waals surface area contributed by atoms with E-state index in [1.807, 2.05) is 0 Å². The Kier molecular flexibility index (Phi) is 5.44. The Labute approximate surface area is 155 Å². The number of ketones is 1. The molecule has 0 bridgehead atoms. The van der Waals surface area contributed by atoms with Crippen molar-refractivity contribution >= 4 is 14.1 Å². The smallest absolute Gasteiger partial charge is 0.200 e. The molecule has 2 saturated carbocycles. The number of allylic oxidation sites excluding steroid dienone is 1. The lowest BCUT2D eigenvalue weighted by atomic mass is 9.72. The fourth-order valence-electron chi connectivity index (χ4n) is 5.70. The molecule has 2 fully saturated rings. The molecule has 0 N–H and O–H groups in total. The van der Waals surface area contributed by atoms with Crippen LogP contribution in [-0.2, 0) is 9.22 Å². The highest BCUT2D eigenvalue weighted by molar-refractivity contribution is 6.77. The average Bonchev–Trinajstić information content (AvgIpc) is 3.18. The molecule has 2 aliphatic rings. The summed E-state index contributed by atoms with van der Waals surface area (Å²) in [6.45, 7) is 18.6.